The van der Waals surface area contributed by atoms with E-state index in [4.69, 9.17) is 14.2 Å². The number of carbonyl (C=O) groups is 3. The highest BCUT2D eigenvalue weighted by Gasteiger charge is 2.19. The number of allylic oxidation sites excluding steroid dienone is 6. The molecule has 0 spiro atoms. The molecule has 0 fully saturated rings. The van der Waals surface area contributed by atoms with Crippen molar-refractivity contribution in [3.8, 4) is 0 Å². The van der Waals surface area contributed by atoms with Gasteiger partial charge in [-0.3, -0.25) is 14.4 Å². The van der Waals surface area contributed by atoms with Crippen LogP contribution in [0, 0.1) is 0 Å². The summed E-state index contributed by atoms with van der Waals surface area (Å²) < 4.78 is 16.9. The van der Waals surface area contributed by atoms with Crippen molar-refractivity contribution in [2.75, 3.05) is 13.2 Å². The van der Waals surface area contributed by atoms with Crippen molar-refractivity contribution in [3.63, 3.8) is 0 Å². The van der Waals surface area contributed by atoms with Crippen molar-refractivity contribution in [2.24, 2.45) is 0 Å². The minimum Gasteiger partial charge on any atom is -0.462 e. The molecule has 1 atom stereocenters. The Morgan fingerprint density at radius 3 is 0.718 bits per heavy atom. The third kappa shape index (κ3) is 64.5. The van der Waals surface area contributed by atoms with E-state index in [1.54, 1.807) is 0 Å². The topological polar surface area (TPSA) is 78.9 Å². The molecule has 6 heteroatoms. The quantitative estimate of drug-likeness (QED) is 0.0261. The molecule has 0 heterocycles. The van der Waals surface area contributed by atoms with Crippen LogP contribution in [0.2, 0.25) is 0 Å². The van der Waals surface area contributed by atoms with Gasteiger partial charge in [0, 0.05) is 19.3 Å². The molecule has 0 aromatic carbocycles. The summed E-state index contributed by atoms with van der Waals surface area (Å²) in [5, 5.41) is 0. The van der Waals surface area contributed by atoms with Crippen molar-refractivity contribution >= 4 is 17.9 Å². The summed E-state index contributed by atoms with van der Waals surface area (Å²) in [5.41, 5.74) is 0. The van der Waals surface area contributed by atoms with Gasteiger partial charge < -0.3 is 14.2 Å². The maximum atomic E-state index is 12.9. The van der Waals surface area contributed by atoms with Gasteiger partial charge in [-0.1, -0.05) is 346 Å². The lowest BCUT2D eigenvalue weighted by Crippen LogP contribution is -2.30. The Balaban J connectivity index is 4.05. The van der Waals surface area contributed by atoms with Gasteiger partial charge in [0.15, 0.2) is 6.10 Å². The molecule has 78 heavy (non-hydrogen) atoms. The standard InChI is InChI=1S/C72H134O6/c1-4-7-10-13-16-19-21-23-25-27-29-31-32-33-34-35-36-37-38-39-40-42-43-45-47-49-51-53-56-59-62-65-71(74)77-68-69(67-76-70(73)64-61-58-55-18-15-12-9-6-3)78-72(75)66-63-60-57-54-52-50-48-46-44-41-30-28-26-24-22-20-17-14-11-8-5-2/h22,24,28,30,44,46,69H,4-21,23,25-27,29,31-43,45,47-68H2,1-3H3/b24-22-,30-28-,46-44-. The molecule has 6 nitrogen and oxygen atoms in total. The van der Waals surface area contributed by atoms with E-state index in [1.807, 2.05) is 0 Å². The molecule has 0 amide bonds. The lowest BCUT2D eigenvalue weighted by molar-refractivity contribution is -0.167. The van der Waals surface area contributed by atoms with Crippen molar-refractivity contribution < 1.29 is 28.6 Å². The Bertz CT molecular complexity index is 1300. The third-order valence-corrected chi connectivity index (χ3v) is 15.9. The number of hydrogen-bond acceptors (Lipinski definition) is 6. The molecular weight excluding hydrogens is 961 g/mol. The number of ether oxygens (including phenoxy) is 3. The number of rotatable bonds is 65. The highest BCUT2D eigenvalue weighted by molar-refractivity contribution is 5.71. The first-order valence-corrected chi connectivity index (χ1v) is 35.0. The van der Waals surface area contributed by atoms with Crippen molar-refractivity contribution in [3.05, 3.63) is 36.5 Å². The molecule has 0 N–H and O–H groups in total. The smallest absolute Gasteiger partial charge is 0.306 e. The van der Waals surface area contributed by atoms with E-state index in [0.717, 1.165) is 77.0 Å². The summed E-state index contributed by atoms with van der Waals surface area (Å²) in [6.07, 6.45) is 83.5. The summed E-state index contributed by atoms with van der Waals surface area (Å²) >= 11 is 0. The zero-order chi connectivity index (χ0) is 56.4. The first-order valence-electron chi connectivity index (χ1n) is 35.0. The van der Waals surface area contributed by atoms with Crippen LogP contribution < -0.4 is 0 Å². The third-order valence-electron chi connectivity index (χ3n) is 15.9. The van der Waals surface area contributed by atoms with Crippen molar-refractivity contribution in [2.45, 2.75) is 393 Å². The highest BCUT2D eigenvalue weighted by Crippen LogP contribution is 2.19. The molecule has 0 radical (unpaired) electrons. The predicted molar refractivity (Wildman–Crippen MR) is 339 cm³/mol. The second-order valence-electron chi connectivity index (χ2n) is 23.8. The fraction of sp³-hybridized carbons (Fsp3) is 0.875. The predicted octanol–water partition coefficient (Wildman–Crippen LogP) is 23.9. The van der Waals surface area contributed by atoms with Gasteiger partial charge in [-0.15, -0.1) is 0 Å². The van der Waals surface area contributed by atoms with E-state index in [9.17, 15) is 14.4 Å². The summed E-state index contributed by atoms with van der Waals surface area (Å²) in [6, 6.07) is 0. The summed E-state index contributed by atoms with van der Waals surface area (Å²) in [7, 11) is 0. The van der Waals surface area contributed by atoms with Crippen LogP contribution in [-0.2, 0) is 28.6 Å². The molecule has 458 valence electrons. The first kappa shape index (κ1) is 75.6. The molecule has 0 aliphatic heterocycles. The normalized spacial score (nSPS) is 12.2. The van der Waals surface area contributed by atoms with Crippen LogP contribution in [0.15, 0.2) is 36.5 Å². The van der Waals surface area contributed by atoms with Crippen LogP contribution in [0.3, 0.4) is 0 Å². The Morgan fingerprint density at radius 2 is 0.462 bits per heavy atom. The van der Waals surface area contributed by atoms with Crippen LogP contribution in [0.25, 0.3) is 0 Å². The minimum atomic E-state index is -0.775. The molecule has 0 rings (SSSR count). The van der Waals surface area contributed by atoms with Gasteiger partial charge in [0.05, 0.1) is 0 Å². The largest absolute Gasteiger partial charge is 0.462 e. The van der Waals surface area contributed by atoms with Gasteiger partial charge >= 0.3 is 17.9 Å². The Labute approximate surface area is 486 Å². The zero-order valence-corrected chi connectivity index (χ0v) is 52.7. The maximum absolute atomic E-state index is 12.9. The Morgan fingerprint density at radius 1 is 0.256 bits per heavy atom. The molecule has 0 aliphatic carbocycles. The summed E-state index contributed by atoms with van der Waals surface area (Å²) in [5.74, 6) is -0.866. The second-order valence-corrected chi connectivity index (χ2v) is 23.8. The molecule has 0 saturated carbocycles. The lowest BCUT2D eigenvalue weighted by atomic mass is 10.0. The van der Waals surface area contributed by atoms with Gasteiger partial charge in [-0.25, -0.2) is 0 Å². The lowest BCUT2D eigenvalue weighted by Gasteiger charge is -2.18. The van der Waals surface area contributed by atoms with Crippen LogP contribution >= 0.6 is 0 Å². The maximum Gasteiger partial charge on any atom is 0.306 e. The second kappa shape index (κ2) is 67.1. The molecule has 1 unspecified atom stereocenters. The molecule has 0 bridgehead atoms. The summed E-state index contributed by atoms with van der Waals surface area (Å²) in [4.78, 5) is 38.2. The minimum absolute atomic E-state index is 0.0728. The molecule has 0 aliphatic rings. The van der Waals surface area contributed by atoms with E-state index < -0.39 is 6.10 Å². The van der Waals surface area contributed by atoms with Crippen molar-refractivity contribution in [1.29, 1.82) is 0 Å². The SMILES string of the molecule is CCCCCCC/C=C\C/C=C\C/C=C\CCCCCCCCC(=O)OC(COC(=O)CCCCCCCCCC)COC(=O)CCCCCCCCCCCCCCCCCCCCCCCCCCCCCCCCC. The van der Waals surface area contributed by atoms with Gasteiger partial charge in [-0.05, 0) is 57.8 Å². The number of esters is 3. The van der Waals surface area contributed by atoms with Crippen LogP contribution in [-0.4, -0.2) is 37.2 Å². The average Bonchev–Trinajstić information content (AvgIpc) is 3.44. The van der Waals surface area contributed by atoms with E-state index in [1.165, 1.54) is 270 Å². The zero-order valence-electron chi connectivity index (χ0n) is 52.7. The van der Waals surface area contributed by atoms with Gasteiger partial charge in [0.2, 0.25) is 0 Å². The fourth-order valence-corrected chi connectivity index (χ4v) is 10.6. The number of carbonyl (C=O) groups excluding carboxylic acids is 3. The summed E-state index contributed by atoms with van der Waals surface area (Å²) in [6.45, 7) is 6.65. The highest BCUT2D eigenvalue weighted by atomic mass is 16.6. The van der Waals surface area contributed by atoms with E-state index in [-0.39, 0.29) is 31.1 Å². The van der Waals surface area contributed by atoms with E-state index in [0.29, 0.717) is 19.3 Å². The van der Waals surface area contributed by atoms with Gasteiger partial charge in [0.1, 0.15) is 13.2 Å². The average molecular weight is 1100 g/mol. The van der Waals surface area contributed by atoms with Crippen LogP contribution in [0.1, 0.15) is 387 Å². The van der Waals surface area contributed by atoms with Crippen molar-refractivity contribution in [1.82, 2.24) is 0 Å². The number of unbranched alkanes of at least 4 members (excludes halogenated alkanes) is 48. The number of hydrogen-bond donors (Lipinski definition) is 0. The van der Waals surface area contributed by atoms with Gasteiger partial charge in [0.25, 0.3) is 0 Å². The molecule has 0 aromatic heterocycles. The molecule has 0 saturated heterocycles. The van der Waals surface area contributed by atoms with Crippen LogP contribution in [0.4, 0.5) is 0 Å². The molecule has 0 aromatic rings. The fourth-order valence-electron chi connectivity index (χ4n) is 10.6. The van der Waals surface area contributed by atoms with E-state index in [2.05, 4.69) is 57.2 Å². The molecular formula is C72H134O6. The Kier molecular flexibility index (Phi) is 65.1. The first-order chi connectivity index (χ1) is 38.5. The Hall–Kier alpha value is -2.37. The van der Waals surface area contributed by atoms with Gasteiger partial charge in [-0.2, -0.15) is 0 Å². The van der Waals surface area contributed by atoms with E-state index >= 15 is 0 Å². The monoisotopic (exact) mass is 1100 g/mol. The van der Waals surface area contributed by atoms with Crippen LogP contribution in [0.5, 0.6) is 0 Å².